The van der Waals surface area contributed by atoms with E-state index in [2.05, 4.69) is 24.1 Å². The van der Waals surface area contributed by atoms with Gasteiger partial charge in [0.25, 0.3) is 16.0 Å². The lowest BCUT2D eigenvalue weighted by molar-refractivity contribution is -0.837. The normalized spacial score (nSPS) is 19.4. The highest BCUT2D eigenvalue weighted by atomic mass is 32.2. The van der Waals surface area contributed by atoms with E-state index in [9.17, 15) is 23.4 Å². The first-order valence-corrected chi connectivity index (χ1v) is 15.2. The Hall–Kier alpha value is -1.13. The van der Waals surface area contributed by atoms with Crippen molar-refractivity contribution in [2.24, 2.45) is 4.99 Å². The van der Waals surface area contributed by atoms with Crippen molar-refractivity contribution in [3.63, 3.8) is 0 Å². The van der Waals surface area contributed by atoms with Gasteiger partial charge in [-0.05, 0) is 32.1 Å². The number of carbonyl (C=O) groups excluding carboxylic acids is 1. The van der Waals surface area contributed by atoms with E-state index >= 15 is 0 Å². The molecule has 0 aromatic carbocycles. The number of quaternary nitrogens is 1. The molecule has 9 heteroatoms. The number of aliphatic hydroxyl groups is 2. The quantitative estimate of drug-likeness (QED) is 0.0861. The number of amidine groups is 1. The van der Waals surface area contributed by atoms with Crippen LogP contribution in [0.25, 0.3) is 0 Å². The van der Waals surface area contributed by atoms with Crippen molar-refractivity contribution >= 4 is 21.7 Å². The number of carbonyl (C=O) groups is 1. The molecule has 0 aromatic heterocycles. The van der Waals surface area contributed by atoms with Crippen LogP contribution in [0, 0.1) is 0 Å². The van der Waals surface area contributed by atoms with Crippen LogP contribution in [-0.4, -0.2) is 83.9 Å². The zero-order valence-corrected chi connectivity index (χ0v) is 22.6. The minimum absolute atomic E-state index is 0.0286. The Morgan fingerprint density at radius 1 is 1.00 bits per heavy atom. The second-order valence-electron chi connectivity index (χ2n) is 9.86. The Morgan fingerprint density at radius 2 is 1.57 bits per heavy atom. The first kappa shape index (κ1) is 31.9. The zero-order valence-electron chi connectivity index (χ0n) is 21.7. The fourth-order valence-corrected chi connectivity index (χ4v) is 5.39. The molecule has 0 radical (unpaired) electrons. The maximum atomic E-state index is 12.9. The van der Waals surface area contributed by atoms with Crippen LogP contribution >= 0.6 is 0 Å². The number of ketones is 1. The van der Waals surface area contributed by atoms with Crippen molar-refractivity contribution in [1.29, 1.82) is 0 Å². The molecular formula is C26H49N2O6S+. The van der Waals surface area contributed by atoms with Gasteiger partial charge in [-0.25, -0.2) is 4.99 Å². The number of aliphatic hydroxyl groups excluding tert-OH is 2. The first-order chi connectivity index (χ1) is 16.7. The summed E-state index contributed by atoms with van der Waals surface area (Å²) in [5, 5.41) is 19.7. The Kier molecular flexibility index (Phi) is 16.6. The van der Waals surface area contributed by atoms with Gasteiger partial charge in [0.1, 0.15) is 31.5 Å². The van der Waals surface area contributed by atoms with Crippen LogP contribution in [0.2, 0.25) is 0 Å². The summed E-state index contributed by atoms with van der Waals surface area (Å²) in [5.41, 5.74) is 0. The number of hydrogen-bond acceptors (Lipinski definition) is 6. The fourth-order valence-electron chi connectivity index (χ4n) is 4.80. The molecule has 0 spiro atoms. The van der Waals surface area contributed by atoms with Gasteiger partial charge in [-0.1, -0.05) is 70.4 Å². The molecule has 0 amide bonds. The first-order valence-electron chi connectivity index (χ1n) is 13.6. The molecule has 0 aromatic rings. The van der Waals surface area contributed by atoms with E-state index in [4.69, 9.17) is 4.55 Å². The summed E-state index contributed by atoms with van der Waals surface area (Å²) < 4.78 is 31.2. The maximum absolute atomic E-state index is 12.9. The van der Waals surface area contributed by atoms with Gasteiger partial charge in [-0.15, -0.1) is 0 Å². The Morgan fingerprint density at radius 3 is 2.14 bits per heavy atom. The monoisotopic (exact) mass is 517 g/mol. The van der Waals surface area contributed by atoms with Crippen molar-refractivity contribution in [3.05, 3.63) is 12.2 Å². The summed E-state index contributed by atoms with van der Waals surface area (Å²) in [4.78, 5) is 17.2. The van der Waals surface area contributed by atoms with E-state index < -0.39 is 22.0 Å². The molecule has 0 aliphatic carbocycles. The molecule has 1 aliphatic rings. The van der Waals surface area contributed by atoms with Crippen molar-refractivity contribution < 1.29 is 32.5 Å². The average Bonchev–Trinajstić information content (AvgIpc) is 3.18. The molecule has 35 heavy (non-hydrogen) atoms. The van der Waals surface area contributed by atoms with Crippen LogP contribution < -0.4 is 0 Å². The molecule has 1 heterocycles. The number of aliphatic imine (C=N–C) groups is 1. The highest BCUT2D eigenvalue weighted by Crippen LogP contribution is 2.20. The van der Waals surface area contributed by atoms with Crippen LogP contribution in [0.3, 0.4) is 0 Å². The maximum Gasteiger partial charge on any atom is 0.267 e. The Labute approximate surface area is 212 Å². The lowest BCUT2D eigenvalue weighted by Crippen LogP contribution is -2.59. The highest BCUT2D eigenvalue weighted by Gasteiger charge is 2.43. The summed E-state index contributed by atoms with van der Waals surface area (Å²) in [6.07, 6.45) is 19.0. The third-order valence-electron chi connectivity index (χ3n) is 6.65. The molecule has 0 fully saturated rings. The number of nitrogens with zero attached hydrogens (tertiary/aromatic N) is 2. The van der Waals surface area contributed by atoms with Gasteiger partial charge in [0, 0.05) is 6.42 Å². The smallest absolute Gasteiger partial charge is 0.267 e. The topological polar surface area (TPSA) is 124 Å². The average molecular weight is 518 g/mol. The van der Waals surface area contributed by atoms with Crippen LogP contribution in [-0.2, 0) is 14.9 Å². The highest BCUT2D eigenvalue weighted by molar-refractivity contribution is 7.85. The zero-order chi connectivity index (χ0) is 26.0. The Balaban J connectivity index is 2.24. The van der Waals surface area contributed by atoms with Gasteiger partial charge in [-0.2, -0.15) is 8.42 Å². The number of unbranched alkanes of at least 4 members (excludes halogenated alkanes) is 11. The number of allylic oxidation sites excluding steroid dienone is 2. The third-order valence-corrected chi connectivity index (χ3v) is 7.45. The lowest BCUT2D eigenvalue weighted by atomic mass is 10.0. The standard InChI is InChI=1S/C26H48N2O6S/c1-2-3-4-5-6-7-8-9-10-11-12-13-14-15-16-17-25(31)26-27-18-19-28(26,20-21-29)22-24(30)23-35(32,33)34/h7-8,24,29-30H,2-6,9-23H2,1H3/p+1/b8-7+. The predicted molar refractivity (Wildman–Crippen MR) is 141 cm³/mol. The minimum atomic E-state index is -4.33. The minimum Gasteiger partial charge on any atom is -0.390 e. The lowest BCUT2D eigenvalue weighted by Gasteiger charge is -2.34. The summed E-state index contributed by atoms with van der Waals surface area (Å²) >= 11 is 0. The van der Waals surface area contributed by atoms with Crippen LogP contribution in [0.4, 0.5) is 0 Å². The second kappa shape index (κ2) is 18.2. The SMILES string of the molecule is CCCCCC/C=C/CCCCCCCCCC(=O)C1=NCC[N+]1(CCO)CC(O)CS(=O)(=O)O. The molecule has 1 aliphatic heterocycles. The van der Waals surface area contributed by atoms with E-state index in [0.29, 0.717) is 25.3 Å². The molecular weight excluding hydrogens is 468 g/mol. The summed E-state index contributed by atoms with van der Waals surface area (Å²) in [7, 11) is -4.33. The van der Waals surface area contributed by atoms with Crippen molar-refractivity contribution in [2.75, 3.05) is 38.5 Å². The van der Waals surface area contributed by atoms with E-state index in [1.807, 2.05) is 0 Å². The largest absolute Gasteiger partial charge is 0.390 e. The molecule has 0 saturated heterocycles. The van der Waals surface area contributed by atoms with E-state index in [1.54, 1.807) is 0 Å². The molecule has 0 saturated carbocycles. The molecule has 204 valence electrons. The van der Waals surface area contributed by atoms with Gasteiger partial charge < -0.3 is 10.2 Å². The molecule has 8 nitrogen and oxygen atoms in total. The van der Waals surface area contributed by atoms with Gasteiger partial charge in [0.2, 0.25) is 5.78 Å². The van der Waals surface area contributed by atoms with Crippen LogP contribution in [0.15, 0.2) is 17.1 Å². The molecule has 2 unspecified atom stereocenters. The number of Topliss-reactive ketones (excluding diaryl/α,β-unsaturated/α-hetero) is 1. The van der Waals surface area contributed by atoms with E-state index in [0.717, 1.165) is 25.7 Å². The van der Waals surface area contributed by atoms with Crippen LogP contribution in [0.5, 0.6) is 0 Å². The summed E-state index contributed by atoms with van der Waals surface area (Å²) in [5.74, 6) is -0.585. The van der Waals surface area contributed by atoms with Crippen molar-refractivity contribution in [2.45, 2.75) is 103 Å². The van der Waals surface area contributed by atoms with E-state index in [1.165, 1.54) is 57.8 Å². The van der Waals surface area contributed by atoms with Gasteiger partial charge >= 0.3 is 0 Å². The Bertz CT molecular complexity index is 753. The number of rotatable bonds is 22. The molecule has 2 atom stereocenters. The molecule has 1 rings (SSSR count). The fraction of sp³-hybridized carbons (Fsp3) is 0.846. The molecule has 3 N–H and O–H groups in total. The van der Waals surface area contributed by atoms with Gasteiger partial charge in [-0.3, -0.25) is 13.8 Å². The summed E-state index contributed by atoms with van der Waals surface area (Å²) in [6.45, 7) is 2.96. The molecule has 0 bridgehead atoms. The van der Waals surface area contributed by atoms with Gasteiger partial charge in [0.05, 0.1) is 13.2 Å². The van der Waals surface area contributed by atoms with Crippen molar-refractivity contribution in [3.8, 4) is 0 Å². The number of hydrogen-bond donors (Lipinski definition) is 3. The van der Waals surface area contributed by atoms with Gasteiger partial charge in [0.15, 0.2) is 0 Å². The van der Waals surface area contributed by atoms with Crippen LogP contribution in [0.1, 0.15) is 96.8 Å². The third kappa shape index (κ3) is 14.3. The summed E-state index contributed by atoms with van der Waals surface area (Å²) in [6, 6.07) is 0. The van der Waals surface area contributed by atoms with Crippen molar-refractivity contribution in [1.82, 2.24) is 0 Å². The second-order valence-corrected chi connectivity index (χ2v) is 11.4. The predicted octanol–water partition coefficient (Wildman–Crippen LogP) is 4.06. The van der Waals surface area contributed by atoms with E-state index in [-0.39, 0.29) is 30.0 Å².